The molecule has 1 aromatic carbocycles. The highest BCUT2D eigenvalue weighted by Crippen LogP contribution is 2.44. The lowest BCUT2D eigenvalue weighted by Crippen LogP contribution is -1.87. The van der Waals surface area contributed by atoms with Crippen LogP contribution in [0, 0.1) is 10.1 Å². The van der Waals surface area contributed by atoms with Crippen molar-refractivity contribution in [3.63, 3.8) is 0 Å². The van der Waals surface area contributed by atoms with Crippen LogP contribution in [0.1, 0.15) is 17.9 Å². The largest absolute Gasteiger partial charge is 0.388 e. The highest BCUT2D eigenvalue weighted by molar-refractivity contribution is 8.03. The first-order chi connectivity index (χ1) is 10.0. The van der Waals surface area contributed by atoms with E-state index in [-0.39, 0.29) is 5.69 Å². The van der Waals surface area contributed by atoms with Gasteiger partial charge in [0, 0.05) is 10.9 Å². The number of aromatic nitrogens is 1. The summed E-state index contributed by atoms with van der Waals surface area (Å²) in [5.74, 6) is 0. The molecule has 8 heteroatoms. The van der Waals surface area contributed by atoms with Crippen LogP contribution in [0.2, 0.25) is 0 Å². The first-order valence-electron chi connectivity index (χ1n) is 6.04. The molecule has 3 rings (SSSR count). The number of hydrogen-bond donors (Lipinski definition) is 1. The molecule has 108 valence electrons. The number of hydrogen-bond acceptors (Lipinski definition) is 7. The molecule has 0 unspecified atom stereocenters. The van der Waals surface area contributed by atoms with E-state index in [9.17, 15) is 15.2 Å². The van der Waals surface area contributed by atoms with Crippen LogP contribution in [0.15, 0.2) is 38.9 Å². The Morgan fingerprint density at radius 2 is 2.14 bits per heavy atom. The van der Waals surface area contributed by atoms with E-state index in [0.717, 1.165) is 14.6 Å². The summed E-state index contributed by atoms with van der Waals surface area (Å²) >= 11 is 4.02. The lowest BCUT2D eigenvalue weighted by molar-refractivity contribution is -0.387. The van der Waals surface area contributed by atoms with Gasteiger partial charge in [0.2, 0.25) is 0 Å². The van der Waals surface area contributed by atoms with Gasteiger partial charge in [-0.2, -0.15) is 0 Å². The SMILES string of the molecule is C[C@H](O)c1cc([N+](=O)[O-])c(Sc2nc3ccccc3s2)s1. The quantitative estimate of drug-likeness (QED) is 0.561. The summed E-state index contributed by atoms with van der Waals surface area (Å²) in [4.78, 5) is 15.8. The molecular weight excluding hydrogens is 328 g/mol. The Balaban J connectivity index is 1.98. The number of thiophene rings is 1. The summed E-state index contributed by atoms with van der Waals surface area (Å²) in [6, 6.07) is 9.18. The molecule has 0 saturated carbocycles. The van der Waals surface area contributed by atoms with E-state index in [0.29, 0.717) is 9.09 Å². The average Bonchev–Trinajstić information content (AvgIpc) is 3.02. The van der Waals surface area contributed by atoms with E-state index in [1.165, 1.54) is 40.5 Å². The van der Waals surface area contributed by atoms with Gasteiger partial charge in [0.05, 0.1) is 21.2 Å². The third-order valence-corrected chi connectivity index (χ3v) is 6.34. The van der Waals surface area contributed by atoms with Crippen LogP contribution in [0.4, 0.5) is 5.69 Å². The Hall–Kier alpha value is -1.48. The van der Waals surface area contributed by atoms with Crippen molar-refractivity contribution >= 4 is 50.3 Å². The van der Waals surface area contributed by atoms with E-state index >= 15 is 0 Å². The van der Waals surface area contributed by atoms with Crippen LogP contribution in [0.3, 0.4) is 0 Å². The first kappa shape index (κ1) is 14.5. The molecule has 2 heterocycles. The molecule has 0 spiro atoms. The maximum absolute atomic E-state index is 11.1. The zero-order chi connectivity index (χ0) is 15.0. The molecule has 21 heavy (non-hydrogen) atoms. The Bertz CT molecular complexity index is 777. The van der Waals surface area contributed by atoms with Crippen LogP contribution in [-0.2, 0) is 0 Å². The van der Waals surface area contributed by atoms with Crippen LogP contribution in [0.5, 0.6) is 0 Å². The van der Waals surface area contributed by atoms with Crippen molar-refractivity contribution in [2.45, 2.75) is 21.6 Å². The minimum Gasteiger partial charge on any atom is -0.388 e. The van der Waals surface area contributed by atoms with Crippen molar-refractivity contribution in [3.05, 3.63) is 45.3 Å². The number of nitro groups is 1. The Labute approximate surface area is 132 Å². The van der Waals surface area contributed by atoms with Crippen molar-refractivity contribution in [1.82, 2.24) is 4.98 Å². The second-order valence-corrected chi connectivity index (χ2v) is 7.93. The molecule has 0 bridgehead atoms. The lowest BCUT2D eigenvalue weighted by atomic mass is 10.3. The van der Waals surface area contributed by atoms with Crippen LogP contribution < -0.4 is 0 Å². The number of para-hydroxylation sites is 1. The number of aliphatic hydroxyl groups excluding tert-OH is 1. The van der Waals surface area contributed by atoms with Crippen LogP contribution in [0.25, 0.3) is 10.2 Å². The summed E-state index contributed by atoms with van der Waals surface area (Å²) in [6.45, 7) is 1.60. The Morgan fingerprint density at radius 3 is 2.81 bits per heavy atom. The third kappa shape index (κ3) is 2.93. The zero-order valence-electron chi connectivity index (χ0n) is 10.8. The molecule has 1 N–H and O–H groups in total. The number of benzene rings is 1. The van der Waals surface area contributed by atoms with Gasteiger partial charge in [0.25, 0.3) is 5.69 Å². The summed E-state index contributed by atoms with van der Waals surface area (Å²) in [5.41, 5.74) is 0.917. The topological polar surface area (TPSA) is 76.3 Å². The smallest absolute Gasteiger partial charge is 0.294 e. The van der Waals surface area contributed by atoms with Gasteiger partial charge < -0.3 is 5.11 Å². The predicted molar refractivity (Wildman–Crippen MR) is 85.4 cm³/mol. The summed E-state index contributed by atoms with van der Waals surface area (Å²) < 4.78 is 2.36. The maximum atomic E-state index is 11.1. The van der Waals surface area contributed by atoms with Crippen LogP contribution in [-0.4, -0.2) is 15.0 Å². The highest BCUT2D eigenvalue weighted by Gasteiger charge is 2.23. The van der Waals surface area contributed by atoms with Gasteiger partial charge in [-0.3, -0.25) is 10.1 Å². The van der Waals surface area contributed by atoms with E-state index in [2.05, 4.69) is 4.98 Å². The lowest BCUT2D eigenvalue weighted by Gasteiger charge is -1.95. The standard InChI is InChI=1S/C13H10N2O3S3/c1-7(16)11-6-9(15(17)18)12(19-11)21-13-14-8-4-2-3-5-10(8)20-13/h2-7,16H,1H3/t7-/m0/s1. The van der Waals surface area contributed by atoms with Gasteiger partial charge in [-0.25, -0.2) is 4.98 Å². The zero-order valence-corrected chi connectivity index (χ0v) is 13.3. The van der Waals surface area contributed by atoms with E-state index in [1.54, 1.807) is 6.92 Å². The second kappa shape index (κ2) is 5.72. The third-order valence-electron chi connectivity index (χ3n) is 2.76. The number of nitrogens with zero attached hydrogens (tertiary/aromatic N) is 2. The second-order valence-electron chi connectivity index (χ2n) is 4.30. The molecule has 0 amide bonds. The van der Waals surface area contributed by atoms with E-state index in [1.807, 2.05) is 24.3 Å². The van der Waals surface area contributed by atoms with Crippen molar-refractivity contribution in [3.8, 4) is 0 Å². The molecule has 0 aliphatic heterocycles. The predicted octanol–water partition coefficient (Wildman–Crippen LogP) is 4.47. The molecule has 3 aromatic rings. The number of aliphatic hydroxyl groups is 1. The van der Waals surface area contributed by atoms with Gasteiger partial charge in [0.15, 0.2) is 4.34 Å². The monoisotopic (exact) mass is 338 g/mol. The van der Waals surface area contributed by atoms with E-state index in [4.69, 9.17) is 0 Å². The fourth-order valence-corrected chi connectivity index (χ4v) is 5.33. The molecule has 0 aliphatic rings. The molecule has 0 radical (unpaired) electrons. The van der Waals surface area contributed by atoms with Crippen molar-refractivity contribution in [2.75, 3.05) is 0 Å². The molecule has 0 fully saturated rings. The number of rotatable bonds is 4. The number of thiazole rings is 1. The maximum Gasteiger partial charge on any atom is 0.294 e. The molecule has 5 nitrogen and oxygen atoms in total. The minimum atomic E-state index is -0.710. The van der Waals surface area contributed by atoms with E-state index < -0.39 is 11.0 Å². The molecule has 1 atom stereocenters. The molecule has 2 aromatic heterocycles. The fourth-order valence-electron chi connectivity index (χ4n) is 1.76. The normalized spacial score (nSPS) is 12.7. The van der Waals surface area contributed by atoms with Crippen molar-refractivity contribution in [1.29, 1.82) is 0 Å². The fraction of sp³-hybridized carbons (Fsp3) is 0.154. The van der Waals surface area contributed by atoms with Gasteiger partial charge in [-0.05, 0) is 30.8 Å². The van der Waals surface area contributed by atoms with Gasteiger partial charge >= 0.3 is 0 Å². The number of fused-ring (bicyclic) bond motifs is 1. The molecule has 0 aliphatic carbocycles. The molecule has 0 saturated heterocycles. The molecular formula is C13H10N2O3S3. The van der Waals surface area contributed by atoms with Crippen LogP contribution >= 0.6 is 34.4 Å². The van der Waals surface area contributed by atoms with Crippen molar-refractivity contribution < 1.29 is 10.0 Å². The van der Waals surface area contributed by atoms with Gasteiger partial charge in [0.1, 0.15) is 4.21 Å². The summed E-state index contributed by atoms with van der Waals surface area (Å²) in [5, 5.41) is 20.7. The summed E-state index contributed by atoms with van der Waals surface area (Å²) in [7, 11) is 0. The minimum absolute atomic E-state index is 0.0279. The highest BCUT2D eigenvalue weighted by atomic mass is 32.2. The van der Waals surface area contributed by atoms with Gasteiger partial charge in [-0.1, -0.05) is 12.1 Å². The van der Waals surface area contributed by atoms with Crippen molar-refractivity contribution in [2.24, 2.45) is 0 Å². The first-order valence-corrected chi connectivity index (χ1v) is 8.49. The summed E-state index contributed by atoms with van der Waals surface area (Å²) in [6.07, 6.45) is -0.710. The average molecular weight is 338 g/mol. The van der Waals surface area contributed by atoms with Gasteiger partial charge in [-0.15, -0.1) is 22.7 Å². The Kier molecular flexibility index (Phi) is 3.94. The Morgan fingerprint density at radius 1 is 1.38 bits per heavy atom.